The van der Waals surface area contributed by atoms with E-state index in [0.29, 0.717) is 11.4 Å². The van der Waals surface area contributed by atoms with Crippen LogP contribution < -0.4 is 0 Å². The van der Waals surface area contributed by atoms with Gasteiger partial charge in [0, 0.05) is 12.7 Å². The molecule has 0 radical (unpaired) electrons. The highest BCUT2D eigenvalue weighted by Crippen LogP contribution is 2.31. The van der Waals surface area contributed by atoms with Crippen molar-refractivity contribution < 1.29 is 10.0 Å². The first-order valence-corrected chi connectivity index (χ1v) is 5.07. The highest BCUT2D eigenvalue weighted by Gasteiger charge is 2.29. The smallest absolute Gasteiger partial charge is 0.189 e. The quantitative estimate of drug-likeness (QED) is 0.629. The summed E-state index contributed by atoms with van der Waals surface area (Å²) >= 11 is 0. The molecule has 1 N–H and O–H groups in total. The number of carbonyl (C=O) groups excluding carboxylic acids is 1. The Hall–Kier alpha value is -1.81. The highest BCUT2D eigenvalue weighted by atomic mass is 16.5. The van der Waals surface area contributed by atoms with E-state index in [2.05, 4.69) is 0 Å². The molecule has 0 unspecified atom stereocenters. The van der Waals surface area contributed by atoms with E-state index >= 15 is 0 Å². The van der Waals surface area contributed by atoms with Crippen LogP contribution in [-0.4, -0.2) is 28.0 Å². The number of allylic oxidation sites excluding steroid dienone is 7. The number of carbonyl (C=O) groups is 1. The minimum atomic E-state index is -0.0918. The van der Waals surface area contributed by atoms with Gasteiger partial charge in [0.2, 0.25) is 0 Å². The monoisotopic (exact) mass is 218 g/mol. The topological polar surface area (TPSA) is 43.8 Å². The lowest BCUT2D eigenvalue weighted by Crippen LogP contribution is -2.23. The van der Waals surface area contributed by atoms with Gasteiger partial charge in [0.15, 0.2) is 5.78 Å². The predicted octanol–water partition coefficient (Wildman–Crippen LogP) is 1.78. The molecule has 1 aliphatic heterocycles. The molecule has 0 fully saturated rings. The fourth-order valence-corrected chi connectivity index (χ4v) is 1.80. The molecule has 0 aromatic carbocycles. The maximum Gasteiger partial charge on any atom is 0.189 e. The van der Waals surface area contributed by atoms with E-state index in [1.165, 1.54) is 6.08 Å². The van der Waals surface area contributed by atoms with Crippen LogP contribution in [0, 0.1) is 0 Å². The van der Waals surface area contributed by atoms with E-state index in [1.54, 1.807) is 18.2 Å². The SMILES string of the molecule is CC1=C(C)N(O)/C(=C2\C=CC=CC2=O)N1C. The molecule has 1 aliphatic carbocycles. The van der Waals surface area contributed by atoms with Crippen molar-refractivity contribution in [2.24, 2.45) is 0 Å². The van der Waals surface area contributed by atoms with E-state index in [0.717, 1.165) is 16.5 Å². The van der Waals surface area contributed by atoms with Gasteiger partial charge in [-0.1, -0.05) is 12.2 Å². The highest BCUT2D eigenvalue weighted by molar-refractivity contribution is 6.07. The van der Waals surface area contributed by atoms with Crippen molar-refractivity contribution >= 4 is 5.78 Å². The molecule has 0 bridgehead atoms. The Labute approximate surface area is 94.4 Å². The predicted molar refractivity (Wildman–Crippen MR) is 60.1 cm³/mol. The van der Waals surface area contributed by atoms with Crippen molar-refractivity contribution in [3.05, 3.63) is 47.1 Å². The average molecular weight is 218 g/mol. The molecule has 4 nitrogen and oxygen atoms in total. The van der Waals surface area contributed by atoms with Gasteiger partial charge in [0.1, 0.15) is 5.82 Å². The van der Waals surface area contributed by atoms with Gasteiger partial charge in [-0.25, -0.2) is 5.06 Å². The number of hydrogen-bond donors (Lipinski definition) is 1. The van der Waals surface area contributed by atoms with E-state index < -0.39 is 0 Å². The van der Waals surface area contributed by atoms with Crippen LogP contribution in [0.4, 0.5) is 0 Å². The Morgan fingerprint density at radius 1 is 1.12 bits per heavy atom. The zero-order valence-electron chi connectivity index (χ0n) is 9.56. The van der Waals surface area contributed by atoms with Crippen LogP contribution in [0.3, 0.4) is 0 Å². The van der Waals surface area contributed by atoms with Crippen LogP contribution in [-0.2, 0) is 4.79 Å². The Bertz CT molecular complexity index is 449. The maximum absolute atomic E-state index is 11.7. The van der Waals surface area contributed by atoms with E-state index in [-0.39, 0.29) is 5.78 Å². The van der Waals surface area contributed by atoms with Crippen LogP contribution in [0.1, 0.15) is 13.8 Å². The summed E-state index contributed by atoms with van der Waals surface area (Å²) < 4.78 is 0. The first-order valence-electron chi connectivity index (χ1n) is 5.07. The number of ketones is 1. The lowest BCUT2D eigenvalue weighted by Gasteiger charge is -2.21. The van der Waals surface area contributed by atoms with Gasteiger partial charge in [0.25, 0.3) is 0 Å². The number of hydroxylamine groups is 2. The molecular formula is C12H14N2O2. The van der Waals surface area contributed by atoms with Crippen molar-refractivity contribution in [3.63, 3.8) is 0 Å². The minimum Gasteiger partial charge on any atom is -0.331 e. The number of rotatable bonds is 0. The van der Waals surface area contributed by atoms with E-state index in [9.17, 15) is 10.0 Å². The van der Waals surface area contributed by atoms with Crippen LogP contribution >= 0.6 is 0 Å². The Morgan fingerprint density at radius 3 is 2.25 bits per heavy atom. The summed E-state index contributed by atoms with van der Waals surface area (Å²) in [6.07, 6.45) is 6.68. The molecule has 0 amide bonds. The average Bonchev–Trinajstić information content (AvgIpc) is 2.45. The molecule has 0 aromatic rings. The van der Waals surface area contributed by atoms with Crippen molar-refractivity contribution in [1.82, 2.24) is 9.96 Å². The third kappa shape index (κ3) is 1.39. The van der Waals surface area contributed by atoms with Gasteiger partial charge < -0.3 is 4.90 Å². The lowest BCUT2D eigenvalue weighted by atomic mass is 10.1. The largest absolute Gasteiger partial charge is 0.331 e. The van der Waals surface area contributed by atoms with Gasteiger partial charge in [-0.15, -0.1) is 0 Å². The maximum atomic E-state index is 11.7. The van der Waals surface area contributed by atoms with Gasteiger partial charge in [0.05, 0.1) is 11.3 Å². The third-order valence-corrected chi connectivity index (χ3v) is 2.99. The standard InChI is InChI=1S/C12H14N2O2/c1-8-9(2)14(16)12(13(8)3)10-6-4-5-7-11(10)15/h4-7,16H,1-3H3/b12-10+. The Kier molecular flexibility index (Phi) is 2.44. The summed E-state index contributed by atoms with van der Waals surface area (Å²) in [7, 11) is 1.83. The molecule has 0 saturated heterocycles. The van der Waals surface area contributed by atoms with Crippen LogP contribution in [0.25, 0.3) is 0 Å². The van der Waals surface area contributed by atoms with Crippen molar-refractivity contribution in [2.45, 2.75) is 13.8 Å². The molecular weight excluding hydrogens is 204 g/mol. The summed E-state index contributed by atoms with van der Waals surface area (Å²) in [5, 5.41) is 11.0. The molecule has 84 valence electrons. The number of nitrogens with zero attached hydrogens (tertiary/aromatic N) is 2. The summed E-state index contributed by atoms with van der Waals surface area (Å²) in [5.41, 5.74) is 2.17. The first kappa shape index (κ1) is 10.7. The zero-order chi connectivity index (χ0) is 11.9. The fraction of sp³-hybridized carbons (Fsp3) is 0.250. The molecule has 1 heterocycles. The van der Waals surface area contributed by atoms with Gasteiger partial charge in [-0.3, -0.25) is 10.0 Å². The summed E-state index contributed by atoms with van der Waals surface area (Å²) in [5.74, 6) is 0.423. The molecule has 0 spiro atoms. The van der Waals surface area contributed by atoms with Crippen LogP contribution in [0.15, 0.2) is 47.1 Å². The molecule has 0 atom stereocenters. The summed E-state index contributed by atoms with van der Waals surface area (Å²) in [6, 6.07) is 0. The van der Waals surface area contributed by atoms with E-state index in [1.807, 2.05) is 25.8 Å². The van der Waals surface area contributed by atoms with Crippen LogP contribution in [0.2, 0.25) is 0 Å². The van der Waals surface area contributed by atoms with Gasteiger partial charge in [-0.2, -0.15) is 0 Å². The van der Waals surface area contributed by atoms with E-state index in [4.69, 9.17) is 0 Å². The second kappa shape index (κ2) is 3.64. The normalized spacial score (nSPS) is 25.1. The molecule has 2 rings (SSSR count). The second-order valence-corrected chi connectivity index (χ2v) is 3.86. The molecule has 16 heavy (non-hydrogen) atoms. The lowest BCUT2D eigenvalue weighted by molar-refractivity contribution is -0.111. The van der Waals surface area contributed by atoms with Crippen molar-refractivity contribution in [3.8, 4) is 0 Å². The van der Waals surface area contributed by atoms with Crippen LogP contribution in [0.5, 0.6) is 0 Å². The molecule has 4 heteroatoms. The summed E-state index contributed by atoms with van der Waals surface area (Å²) in [6.45, 7) is 3.71. The Balaban J connectivity index is 2.51. The first-order chi connectivity index (χ1) is 7.54. The summed E-state index contributed by atoms with van der Waals surface area (Å²) in [4.78, 5) is 13.5. The van der Waals surface area contributed by atoms with Gasteiger partial charge in [-0.05, 0) is 26.0 Å². The van der Waals surface area contributed by atoms with Crippen molar-refractivity contribution in [1.29, 1.82) is 0 Å². The third-order valence-electron chi connectivity index (χ3n) is 2.99. The minimum absolute atomic E-state index is 0.0918. The number of hydrogen-bond acceptors (Lipinski definition) is 4. The molecule has 0 aromatic heterocycles. The second-order valence-electron chi connectivity index (χ2n) is 3.86. The van der Waals surface area contributed by atoms with Crippen molar-refractivity contribution in [2.75, 3.05) is 7.05 Å². The fourth-order valence-electron chi connectivity index (χ4n) is 1.80. The van der Waals surface area contributed by atoms with Gasteiger partial charge >= 0.3 is 0 Å². The molecule has 0 saturated carbocycles. The Morgan fingerprint density at radius 2 is 1.75 bits per heavy atom. The zero-order valence-corrected chi connectivity index (χ0v) is 9.56. The molecule has 2 aliphatic rings.